The molecule has 9 atom stereocenters. The molecule has 37 heavy (non-hydrogen) atoms. The van der Waals surface area contributed by atoms with Crippen molar-refractivity contribution in [2.75, 3.05) is 0 Å². The molecule has 4 nitrogen and oxygen atoms in total. The highest BCUT2D eigenvalue weighted by molar-refractivity contribution is 9.11. The summed E-state index contributed by atoms with van der Waals surface area (Å²) in [5.74, 6) is 2.80. The first-order chi connectivity index (χ1) is 17.4. The number of carbonyl (C=O) groups excluding carboxylic acids is 3. The Balaban J connectivity index is 1.29. The number of rotatable bonds is 6. The average molecular weight is 589 g/mol. The molecule has 0 saturated heterocycles. The standard InChI is InChI=1S/C31H42BrNO3S/c1-17(2)29(25-8-9-26(32)37-25)33-27(36)14-18(3)21-6-7-22-28-23(11-13-31(21,22)5)30(4)12-10-20(34)15-19(30)16-24(28)35/h8-9,18-19,21-23,28-29H,1,6-7,10-16H2,2-5H3,(H,33,36)/t18-,19+,21-,22+,23+,28+,29-,30+,31-/m1/s1. The molecule has 1 heterocycles. The monoisotopic (exact) mass is 587 g/mol. The first-order valence-corrected chi connectivity index (χ1v) is 15.8. The van der Waals surface area contributed by atoms with Crippen LogP contribution in [0.1, 0.15) is 96.4 Å². The second-order valence-corrected chi connectivity index (χ2v) is 15.7. The molecule has 4 aliphatic rings. The van der Waals surface area contributed by atoms with Gasteiger partial charge in [0.2, 0.25) is 5.91 Å². The first kappa shape index (κ1) is 27.3. The fourth-order valence-corrected chi connectivity index (χ4v) is 10.8. The Morgan fingerprint density at radius 2 is 1.86 bits per heavy atom. The predicted molar refractivity (Wildman–Crippen MR) is 152 cm³/mol. The maximum atomic E-state index is 13.6. The Morgan fingerprint density at radius 3 is 2.54 bits per heavy atom. The lowest BCUT2D eigenvalue weighted by Crippen LogP contribution is -2.57. The van der Waals surface area contributed by atoms with Crippen molar-refractivity contribution in [1.82, 2.24) is 5.32 Å². The fraction of sp³-hybridized carbons (Fsp3) is 0.710. The van der Waals surface area contributed by atoms with E-state index in [2.05, 4.69) is 48.6 Å². The van der Waals surface area contributed by atoms with Crippen molar-refractivity contribution in [1.29, 1.82) is 0 Å². The van der Waals surface area contributed by atoms with E-state index in [1.807, 2.05) is 19.1 Å². The second kappa shape index (κ2) is 10.0. The largest absolute Gasteiger partial charge is 0.345 e. The topological polar surface area (TPSA) is 63.2 Å². The number of hydrogen-bond donors (Lipinski definition) is 1. The lowest BCUT2D eigenvalue weighted by atomic mass is 9.44. The number of hydrogen-bond acceptors (Lipinski definition) is 4. The SMILES string of the molecule is C=C(C)[C@@H](NC(=O)C[C@@H](C)[C@H]1CC[C@H]2[C@@H]3C(=O)C[C@@H]4CC(=O)CC[C@]4(C)[C@H]3CC[C@]12C)c1ccc(Br)s1. The summed E-state index contributed by atoms with van der Waals surface area (Å²) in [7, 11) is 0. The molecule has 1 aromatic rings. The van der Waals surface area contributed by atoms with Crippen LogP contribution in [0, 0.1) is 46.3 Å². The van der Waals surface area contributed by atoms with Gasteiger partial charge in [0, 0.05) is 36.5 Å². The van der Waals surface area contributed by atoms with Gasteiger partial charge >= 0.3 is 0 Å². The molecule has 4 saturated carbocycles. The van der Waals surface area contributed by atoms with Crippen molar-refractivity contribution < 1.29 is 14.4 Å². The van der Waals surface area contributed by atoms with Crippen LogP contribution in [0.2, 0.25) is 0 Å². The van der Waals surface area contributed by atoms with Crippen molar-refractivity contribution in [3.05, 3.63) is 32.9 Å². The van der Waals surface area contributed by atoms with E-state index in [1.165, 1.54) is 0 Å². The molecule has 202 valence electrons. The van der Waals surface area contributed by atoms with Crippen molar-refractivity contribution in [2.24, 2.45) is 46.3 Å². The summed E-state index contributed by atoms with van der Waals surface area (Å²) >= 11 is 5.16. The molecule has 1 amide bonds. The van der Waals surface area contributed by atoms with Gasteiger partial charge in [-0.25, -0.2) is 0 Å². The molecule has 6 heteroatoms. The molecule has 4 aliphatic carbocycles. The van der Waals surface area contributed by atoms with E-state index in [0.717, 1.165) is 46.3 Å². The molecule has 0 spiro atoms. The average Bonchev–Trinajstić information content (AvgIpc) is 3.41. The minimum atomic E-state index is -0.158. The number of Topliss-reactive ketones (excluding diaryl/α,β-unsaturated/α-hetero) is 2. The van der Waals surface area contributed by atoms with E-state index in [0.29, 0.717) is 55.0 Å². The van der Waals surface area contributed by atoms with Gasteiger partial charge in [0.25, 0.3) is 0 Å². The summed E-state index contributed by atoms with van der Waals surface area (Å²) in [4.78, 5) is 40.1. The number of fused-ring (bicyclic) bond motifs is 5. The van der Waals surface area contributed by atoms with Crippen LogP contribution in [0.3, 0.4) is 0 Å². The van der Waals surface area contributed by atoms with Crippen LogP contribution in [-0.2, 0) is 14.4 Å². The van der Waals surface area contributed by atoms with Gasteiger partial charge in [0.05, 0.1) is 9.83 Å². The maximum absolute atomic E-state index is 13.6. The molecule has 0 bridgehead atoms. The zero-order valence-corrected chi connectivity index (χ0v) is 25.2. The first-order valence-electron chi connectivity index (χ1n) is 14.2. The Bertz CT molecular complexity index is 1110. The predicted octanol–water partition coefficient (Wildman–Crippen LogP) is 7.68. The molecular formula is C31H42BrNO3S. The van der Waals surface area contributed by atoms with Crippen LogP contribution < -0.4 is 5.32 Å². The third-order valence-corrected chi connectivity index (χ3v) is 12.9. The number of carbonyl (C=O) groups is 3. The van der Waals surface area contributed by atoms with Crippen molar-refractivity contribution in [2.45, 2.75) is 91.5 Å². The molecule has 0 aliphatic heterocycles. The number of nitrogens with one attached hydrogen (secondary N) is 1. The summed E-state index contributed by atoms with van der Waals surface area (Å²) in [6.07, 6.45) is 7.78. The third-order valence-electron chi connectivity index (χ3n) is 11.2. The maximum Gasteiger partial charge on any atom is 0.221 e. The fourth-order valence-electron chi connectivity index (χ4n) is 9.27. The summed E-state index contributed by atoms with van der Waals surface area (Å²) in [5, 5.41) is 3.25. The quantitative estimate of drug-likeness (QED) is 0.347. The second-order valence-electron chi connectivity index (χ2n) is 13.3. The van der Waals surface area contributed by atoms with Crippen molar-refractivity contribution >= 4 is 44.7 Å². The van der Waals surface area contributed by atoms with Crippen LogP contribution in [0.25, 0.3) is 0 Å². The Kier molecular flexibility index (Phi) is 7.41. The molecule has 0 radical (unpaired) electrons. The van der Waals surface area contributed by atoms with Crippen LogP contribution >= 0.6 is 27.3 Å². The number of ketones is 2. The molecule has 1 N–H and O–H groups in total. The number of amides is 1. The van der Waals surface area contributed by atoms with Crippen molar-refractivity contribution in [3.63, 3.8) is 0 Å². The van der Waals surface area contributed by atoms with Gasteiger partial charge in [0.1, 0.15) is 11.6 Å². The molecular weight excluding hydrogens is 546 g/mol. The molecule has 4 fully saturated rings. The summed E-state index contributed by atoms with van der Waals surface area (Å²) < 4.78 is 1.05. The van der Waals surface area contributed by atoms with Gasteiger partial charge in [0.15, 0.2) is 0 Å². The summed E-state index contributed by atoms with van der Waals surface area (Å²) in [6, 6.07) is 3.91. The van der Waals surface area contributed by atoms with Gasteiger partial charge < -0.3 is 5.32 Å². The highest BCUT2D eigenvalue weighted by Crippen LogP contribution is 2.67. The van der Waals surface area contributed by atoms with Gasteiger partial charge in [-0.15, -0.1) is 11.3 Å². The van der Waals surface area contributed by atoms with Crippen LogP contribution in [-0.4, -0.2) is 17.5 Å². The number of halogens is 1. The van der Waals surface area contributed by atoms with Gasteiger partial charge in [-0.1, -0.05) is 32.9 Å². The molecule has 0 aromatic carbocycles. The van der Waals surface area contributed by atoms with E-state index >= 15 is 0 Å². The minimum Gasteiger partial charge on any atom is -0.345 e. The lowest BCUT2D eigenvalue weighted by Gasteiger charge is -2.59. The van der Waals surface area contributed by atoms with Gasteiger partial charge in [-0.2, -0.15) is 0 Å². The third kappa shape index (κ3) is 4.73. The molecule has 0 unspecified atom stereocenters. The van der Waals surface area contributed by atoms with Crippen LogP contribution in [0.15, 0.2) is 28.1 Å². The minimum absolute atomic E-state index is 0.0849. The lowest BCUT2D eigenvalue weighted by molar-refractivity contribution is -0.159. The highest BCUT2D eigenvalue weighted by atomic mass is 79.9. The van der Waals surface area contributed by atoms with E-state index in [-0.39, 0.29) is 40.5 Å². The smallest absolute Gasteiger partial charge is 0.221 e. The van der Waals surface area contributed by atoms with Crippen molar-refractivity contribution in [3.8, 4) is 0 Å². The van der Waals surface area contributed by atoms with Crippen LogP contribution in [0.5, 0.6) is 0 Å². The van der Waals surface area contributed by atoms with E-state index in [4.69, 9.17) is 0 Å². The van der Waals surface area contributed by atoms with E-state index in [1.54, 1.807) is 11.3 Å². The zero-order valence-electron chi connectivity index (χ0n) is 22.8. The highest BCUT2D eigenvalue weighted by Gasteiger charge is 2.63. The number of thiophene rings is 1. The van der Waals surface area contributed by atoms with Gasteiger partial charge in [-0.05, 0) is 108 Å². The zero-order chi connectivity index (χ0) is 26.7. The Hall–Kier alpha value is -1.27. The van der Waals surface area contributed by atoms with E-state index < -0.39 is 0 Å². The van der Waals surface area contributed by atoms with Crippen LogP contribution in [0.4, 0.5) is 0 Å². The van der Waals surface area contributed by atoms with Gasteiger partial charge in [-0.3, -0.25) is 14.4 Å². The molecule has 1 aromatic heterocycles. The van der Waals surface area contributed by atoms with E-state index in [9.17, 15) is 14.4 Å². The molecule has 5 rings (SSSR count). The Morgan fingerprint density at radius 1 is 1.14 bits per heavy atom. The summed E-state index contributed by atoms with van der Waals surface area (Å²) in [6.45, 7) is 13.2. The Labute approximate surface area is 234 Å². The summed E-state index contributed by atoms with van der Waals surface area (Å²) in [5.41, 5.74) is 1.18. The normalized spacial score (nSPS) is 38.8.